The first-order valence-corrected chi connectivity index (χ1v) is 10.4. The molecule has 0 spiro atoms. The van der Waals surface area contributed by atoms with Gasteiger partial charge in [0.05, 0.1) is 18.9 Å². The SMILES string of the molecule is C=CCOCc1cnc2[nH]cc(-c3cncc(N[C@@H](C(=O)NCC(F)(F)F)C(C)C)c3)c2c1. The van der Waals surface area contributed by atoms with Gasteiger partial charge in [-0.15, -0.1) is 6.58 Å². The number of rotatable bonds is 10. The Kier molecular flexibility index (Phi) is 7.70. The summed E-state index contributed by atoms with van der Waals surface area (Å²) >= 11 is 0. The van der Waals surface area contributed by atoms with E-state index in [9.17, 15) is 18.0 Å². The molecular weight excluding hydrogens is 435 g/mol. The molecule has 0 aliphatic carbocycles. The van der Waals surface area contributed by atoms with Crippen LogP contribution in [0.5, 0.6) is 0 Å². The molecule has 1 atom stereocenters. The molecule has 10 heteroatoms. The number of nitrogens with zero attached hydrogens (tertiary/aromatic N) is 2. The van der Waals surface area contributed by atoms with Gasteiger partial charge in [-0.3, -0.25) is 9.78 Å². The third-order valence-electron chi connectivity index (χ3n) is 4.88. The predicted molar refractivity (Wildman–Crippen MR) is 120 cm³/mol. The van der Waals surface area contributed by atoms with Crippen molar-refractivity contribution >= 4 is 22.6 Å². The maximum atomic E-state index is 12.5. The van der Waals surface area contributed by atoms with E-state index >= 15 is 0 Å². The Morgan fingerprint density at radius 2 is 2.06 bits per heavy atom. The fourth-order valence-electron chi connectivity index (χ4n) is 3.30. The number of H-pyrrole nitrogens is 1. The van der Waals surface area contributed by atoms with Crippen LogP contribution in [0.4, 0.5) is 18.9 Å². The van der Waals surface area contributed by atoms with Gasteiger partial charge in [0.15, 0.2) is 0 Å². The molecule has 3 aromatic rings. The molecule has 0 bridgehead atoms. The summed E-state index contributed by atoms with van der Waals surface area (Å²) in [5.74, 6) is -0.981. The number of fused-ring (bicyclic) bond motifs is 1. The van der Waals surface area contributed by atoms with Crippen LogP contribution >= 0.6 is 0 Å². The number of nitrogens with one attached hydrogen (secondary N) is 3. The Morgan fingerprint density at radius 1 is 1.27 bits per heavy atom. The highest BCUT2D eigenvalue weighted by Crippen LogP contribution is 2.30. The van der Waals surface area contributed by atoms with Gasteiger partial charge in [-0.1, -0.05) is 19.9 Å². The molecule has 7 nitrogen and oxygen atoms in total. The summed E-state index contributed by atoms with van der Waals surface area (Å²) in [6.45, 7) is 6.58. The minimum Gasteiger partial charge on any atom is -0.373 e. The second-order valence-electron chi connectivity index (χ2n) is 7.91. The zero-order chi connectivity index (χ0) is 24.0. The van der Waals surface area contributed by atoms with Crippen molar-refractivity contribution in [2.45, 2.75) is 32.7 Å². The first-order valence-electron chi connectivity index (χ1n) is 10.4. The monoisotopic (exact) mass is 461 g/mol. The topological polar surface area (TPSA) is 91.9 Å². The zero-order valence-electron chi connectivity index (χ0n) is 18.4. The van der Waals surface area contributed by atoms with Gasteiger partial charge in [0, 0.05) is 41.3 Å². The minimum atomic E-state index is -4.47. The summed E-state index contributed by atoms with van der Waals surface area (Å²) < 4.78 is 43.0. The number of aromatic nitrogens is 3. The highest BCUT2D eigenvalue weighted by Gasteiger charge is 2.30. The van der Waals surface area contributed by atoms with Gasteiger partial charge >= 0.3 is 6.18 Å². The lowest BCUT2D eigenvalue weighted by atomic mass is 10.0. The Balaban J connectivity index is 1.82. The number of pyridine rings is 2. The van der Waals surface area contributed by atoms with Gasteiger partial charge in [0.1, 0.15) is 18.2 Å². The van der Waals surface area contributed by atoms with E-state index in [2.05, 4.69) is 26.8 Å². The number of hydrogen-bond acceptors (Lipinski definition) is 5. The van der Waals surface area contributed by atoms with Gasteiger partial charge in [0.25, 0.3) is 0 Å². The average molecular weight is 461 g/mol. The van der Waals surface area contributed by atoms with Crippen LogP contribution in [0, 0.1) is 5.92 Å². The van der Waals surface area contributed by atoms with E-state index in [0.29, 0.717) is 24.5 Å². The number of carbonyl (C=O) groups is 1. The van der Waals surface area contributed by atoms with E-state index < -0.39 is 24.7 Å². The van der Waals surface area contributed by atoms with Crippen LogP contribution in [0.25, 0.3) is 22.2 Å². The molecule has 0 aliphatic rings. The van der Waals surface area contributed by atoms with E-state index in [0.717, 1.165) is 22.1 Å². The van der Waals surface area contributed by atoms with E-state index in [1.54, 1.807) is 38.4 Å². The van der Waals surface area contributed by atoms with Crippen molar-refractivity contribution in [3.05, 3.63) is 55.1 Å². The number of hydrogen-bond donors (Lipinski definition) is 3. The van der Waals surface area contributed by atoms with Crippen LogP contribution in [0.2, 0.25) is 0 Å². The number of halogens is 3. The van der Waals surface area contributed by atoms with Gasteiger partial charge in [-0.2, -0.15) is 13.2 Å². The molecular formula is C23H26F3N5O2. The van der Waals surface area contributed by atoms with Gasteiger partial charge in [-0.25, -0.2) is 4.98 Å². The summed E-state index contributed by atoms with van der Waals surface area (Å²) in [5, 5.41) is 5.83. The Hall–Kier alpha value is -3.40. The molecule has 3 aromatic heterocycles. The molecule has 0 saturated carbocycles. The number of amides is 1. The van der Waals surface area contributed by atoms with E-state index in [1.807, 2.05) is 17.6 Å². The number of carbonyl (C=O) groups excluding carboxylic acids is 1. The van der Waals surface area contributed by atoms with Crippen molar-refractivity contribution in [3.63, 3.8) is 0 Å². The van der Waals surface area contributed by atoms with Crippen LogP contribution in [-0.4, -0.2) is 46.2 Å². The van der Waals surface area contributed by atoms with Crippen LogP contribution in [-0.2, 0) is 16.1 Å². The van der Waals surface area contributed by atoms with Gasteiger partial charge < -0.3 is 20.4 Å². The smallest absolute Gasteiger partial charge is 0.373 e. The maximum Gasteiger partial charge on any atom is 0.405 e. The van der Waals surface area contributed by atoms with Crippen LogP contribution < -0.4 is 10.6 Å². The second-order valence-corrected chi connectivity index (χ2v) is 7.91. The third-order valence-corrected chi connectivity index (χ3v) is 4.88. The van der Waals surface area contributed by atoms with E-state index in [-0.39, 0.29) is 5.92 Å². The van der Waals surface area contributed by atoms with Crippen LogP contribution in [0.3, 0.4) is 0 Å². The van der Waals surface area contributed by atoms with Crippen LogP contribution in [0.1, 0.15) is 19.4 Å². The third kappa shape index (κ3) is 6.55. The number of alkyl halides is 3. The van der Waals surface area contributed by atoms with Crippen molar-refractivity contribution in [3.8, 4) is 11.1 Å². The van der Waals surface area contributed by atoms with Crippen molar-refractivity contribution in [1.29, 1.82) is 0 Å². The van der Waals surface area contributed by atoms with Crippen molar-refractivity contribution < 1.29 is 22.7 Å². The molecule has 0 saturated heterocycles. The zero-order valence-corrected chi connectivity index (χ0v) is 18.4. The highest BCUT2D eigenvalue weighted by molar-refractivity contribution is 5.94. The number of anilines is 1. The summed E-state index contributed by atoms with van der Waals surface area (Å²) in [5.41, 5.74) is 3.72. The first-order chi connectivity index (χ1) is 15.7. The summed E-state index contributed by atoms with van der Waals surface area (Å²) in [6.07, 6.45) is 3.93. The summed E-state index contributed by atoms with van der Waals surface area (Å²) in [7, 11) is 0. The predicted octanol–water partition coefficient (Wildman–Crippen LogP) is 4.44. The largest absolute Gasteiger partial charge is 0.405 e. The van der Waals surface area contributed by atoms with Crippen molar-refractivity contribution in [2.75, 3.05) is 18.5 Å². The molecule has 176 valence electrons. The molecule has 33 heavy (non-hydrogen) atoms. The number of aromatic amines is 1. The van der Waals surface area contributed by atoms with Gasteiger partial charge in [0.2, 0.25) is 5.91 Å². The quantitative estimate of drug-likeness (QED) is 0.307. The Bertz CT molecular complexity index is 1110. The summed E-state index contributed by atoms with van der Waals surface area (Å²) in [4.78, 5) is 24.1. The van der Waals surface area contributed by atoms with Crippen LogP contribution in [0.15, 0.2) is 49.6 Å². The molecule has 0 aliphatic heterocycles. The second kappa shape index (κ2) is 10.5. The lowest BCUT2D eigenvalue weighted by molar-refractivity contribution is -0.139. The molecule has 0 unspecified atom stereocenters. The summed E-state index contributed by atoms with van der Waals surface area (Å²) in [6, 6.07) is 2.91. The molecule has 1 amide bonds. The van der Waals surface area contributed by atoms with Crippen molar-refractivity contribution in [1.82, 2.24) is 20.3 Å². The molecule has 0 aromatic carbocycles. The van der Waals surface area contributed by atoms with Gasteiger partial charge in [-0.05, 0) is 23.6 Å². The first kappa shape index (κ1) is 24.2. The lowest BCUT2D eigenvalue weighted by Crippen LogP contribution is -2.46. The average Bonchev–Trinajstić information content (AvgIpc) is 3.19. The number of ether oxygens (including phenoxy) is 1. The molecule has 0 fully saturated rings. The fourth-order valence-corrected chi connectivity index (χ4v) is 3.30. The Morgan fingerprint density at radius 3 is 2.76 bits per heavy atom. The van der Waals surface area contributed by atoms with E-state index in [4.69, 9.17) is 4.74 Å². The molecule has 3 N–H and O–H groups in total. The van der Waals surface area contributed by atoms with E-state index in [1.165, 1.54) is 6.20 Å². The molecule has 3 rings (SSSR count). The molecule has 3 heterocycles. The highest BCUT2D eigenvalue weighted by atomic mass is 19.4. The van der Waals surface area contributed by atoms with Crippen molar-refractivity contribution in [2.24, 2.45) is 5.92 Å². The molecule has 0 radical (unpaired) electrons. The lowest BCUT2D eigenvalue weighted by Gasteiger charge is -2.23. The maximum absolute atomic E-state index is 12.5. The normalized spacial score (nSPS) is 12.7. The Labute approximate surface area is 189 Å². The standard InChI is InChI=1S/C23H26F3N5O2/c1-4-5-33-12-15-6-18-19(11-29-21(18)28-8-15)16-7-17(10-27-9-16)31-20(14(2)3)22(32)30-13-23(24,25)26/h4,6-11,14,20,31H,1,5,12-13H2,2-3H3,(H,28,29)(H,30,32)/t20-/m1/s1. The fraction of sp³-hybridized carbons (Fsp3) is 0.348. The minimum absolute atomic E-state index is 0.252.